The average molecular weight is 322 g/mol. The molecule has 3 rings (SSSR count). The van der Waals surface area contributed by atoms with Crippen molar-refractivity contribution in [2.45, 2.75) is 32.9 Å². The Balaban J connectivity index is 1.64. The van der Waals surface area contributed by atoms with Crippen molar-refractivity contribution < 1.29 is 9.21 Å². The number of para-hydroxylation sites is 1. The second kappa shape index (κ2) is 6.79. The Labute approximate surface area is 141 Å². The Morgan fingerprint density at radius 2 is 1.62 bits per heavy atom. The second-order valence-electron chi connectivity index (χ2n) is 6.10. The Bertz CT molecular complexity index is 820. The molecule has 1 heterocycles. The van der Waals surface area contributed by atoms with Crippen molar-refractivity contribution in [3.63, 3.8) is 0 Å². The molecule has 124 valence electrons. The van der Waals surface area contributed by atoms with E-state index in [0.29, 0.717) is 0 Å². The van der Waals surface area contributed by atoms with Crippen molar-refractivity contribution in [1.82, 2.24) is 10.6 Å². The summed E-state index contributed by atoms with van der Waals surface area (Å²) in [7, 11) is 0. The van der Waals surface area contributed by atoms with Gasteiger partial charge in [0.25, 0.3) is 0 Å². The van der Waals surface area contributed by atoms with Crippen LogP contribution in [-0.2, 0) is 0 Å². The molecule has 0 radical (unpaired) electrons. The van der Waals surface area contributed by atoms with Gasteiger partial charge in [0, 0.05) is 5.39 Å². The van der Waals surface area contributed by atoms with E-state index < -0.39 is 0 Å². The number of nitrogens with one attached hydrogen (secondary N) is 2. The first kappa shape index (κ1) is 16.1. The molecule has 0 aliphatic heterocycles. The van der Waals surface area contributed by atoms with Crippen molar-refractivity contribution in [1.29, 1.82) is 0 Å². The zero-order valence-corrected chi connectivity index (χ0v) is 14.2. The van der Waals surface area contributed by atoms with Gasteiger partial charge in [0.1, 0.15) is 11.3 Å². The third kappa shape index (κ3) is 3.43. The quantitative estimate of drug-likeness (QED) is 0.720. The molecule has 1 aromatic heterocycles. The molecule has 0 fully saturated rings. The minimum atomic E-state index is -0.210. The standard InChI is InChI=1S/C20H22N2O2/c1-13-8-4-6-10-17(13)14(2)21-20(23)22-15(3)19-12-16-9-5-7-11-18(16)24-19/h4-12,14-15H,1-3H3,(H2,21,22,23)/t14-,15-/m0/s1. The van der Waals surface area contributed by atoms with Gasteiger partial charge in [-0.2, -0.15) is 0 Å². The summed E-state index contributed by atoms with van der Waals surface area (Å²) in [5, 5.41) is 6.95. The first-order valence-electron chi connectivity index (χ1n) is 8.15. The number of hydrogen-bond acceptors (Lipinski definition) is 2. The molecular formula is C20H22N2O2. The monoisotopic (exact) mass is 322 g/mol. The van der Waals surface area contributed by atoms with Crippen LogP contribution in [0.5, 0.6) is 0 Å². The van der Waals surface area contributed by atoms with Gasteiger partial charge in [-0.25, -0.2) is 4.79 Å². The predicted molar refractivity (Wildman–Crippen MR) is 95.9 cm³/mol. The lowest BCUT2D eigenvalue weighted by Crippen LogP contribution is -2.38. The summed E-state index contributed by atoms with van der Waals surface area (Å²) < 4.78 is 5.80. The molecule has 4 heteroatoms. The number of aryl methyl sites for hydroxylation is 1. The highest BCUT2D eigenvalue weighted by Gasteiger charge is 2.16. The highest BCUT2D eigenvalue weighted by atomic mass is 16.3. The van der Waals surface area contributed by atoms with E-state index in [9.17, 15) is 4.79 Å². The van der Waals surface area contributed by atoms with Crippen LogP contribution in [0.25, 0.3) is 11.0 Å². The largest absolute Gasteiger partial charge is 0.459 e. The van der Waals surface area contributed by atoms with E-state index in [1.807, 2.05) is 75.4 Å². The van der Waals surface area contributed by atoms with Crippen molar-refractivity contribution in [3.8, 4) is 0 Å². The molecule has 24 heavy (non-hydrogen) atoms. The van der Waals surface area contributed by atoms with Gasteiger partial charge in [0.15, 0.2) is 0 Å². The van der Waals surface area contributed by atoms with Gasteiger partial charge in [-0.1, -0.05) is 42.5 Å². The van der Waals surface area contributed by atoms with Crippen LogP contribution in [-0.4, -0.2) is 6.03 Å². The zero-order chi connectivity index (χ0) is 17.1. The molecular weight excluding hydrogens is 300 g/mol. The van der Waals surface area contributed by atoms with Gasteiger partial charge >= 0.3 is 6.03 Å². The number of fused-ring (bicyclic) bond motifs is 1. The van der Waals surface area contributed by atoms with Crippen LogP contribution in [0.4, 0.5) is 4.79 Å². The van der Waals surface area contributed by atoms with Crippen LogP contribution in [0, 0.1) is 6.92 Å². The molecule has 2 atom stereocenters. The zero-order valence-electron chi connectivity index (χ0n) is 14.2. The number of rotatable bonds is 4. The number of urea groups is 1. The molecule has 0 saturated carbocycles. The maximum absolute atomic E-state index is 12.3. The van der Waals surface area contributed by atoms with E-state index in [1.165, 1.54) is 0 Å². The average Bonchev–Trinajstić information content (AvgIpc) is 2.99. The molecule has 3 aromatic rings. The topological polar surface area (TPSA) is 54.3 Å². The molecule has 0 saturated heterocycles. The van der Waals surface area contributed by atoms with Crippen molar-refractivity contribution >= 4 is 17.0 Å². The number of carbonyl (C=O) groups excluding carboxylic acids is 1. The van der Waals surface area contributed by atoms with Crippen LogP contribution >= 0.6 is 0 Å². The Morgan fingerprint density at radius 3 is 2.38 bits per heavy atom. The fourth-order valence-electron chi connectivity index (χ4n) is 2.87. The summed E-state index contributed by atoms with van der Waals surface area (Å²) in [6, 6.07) is 17.4. The Kier molecular flexibility index (Phi) is 4.56. The lowest BCUT2D eigenvalue weighted by atomic mass is 10.0. The smallest absolute Gasteiger partial charge is 0.315 e. The van der Waals surface area contributed by atoms with Gasteiger partial charge in [0.05, 0.1) is 12.1 Å². The Morgan fingerprint density at radius 1 is 0.958 bits per heavy atom. The summed E-state index contributed by atoms with van der Waals surface area (Å²) in [6.07, 6.45) is 0. The highest BCUT2D eigenvalue weighted by molar-refractivity contribution is 5.78. The van der Waals surface area contributed by atoms with Crippen LogP contribution in [0.1, 0.15) is 42.8 Å². The predicted octanol–water partition coefficient (Wildman–Crippen LogP) is 4.86. The number of benzene rings is 2. The molecule has 2 aromatic carbocycles. The maximum Gasteiger partial charge on any atom is 0.315 e. The first-order chi connectivity index (χ1) is 11.5. The SMILES string of the molecule is Cc1ccccc1[C@H](C)NC(=O)N[C@@H](C)c1cc2ccccc2o1. The van der Waals surface area contributed by atoms with E-state index in [2.05, 4.69) is 10.6 Å². The van der Waals surface area contributed by atoms with Crippen molar-refractivity contribution in [3.05, 3.63) is 71.5 Å². The van der Waals surface area contributed by atoms with E-state index in [0.717, 1.165) is 27.9 Å². The summed E-state index contributed by atoms with van der Waals surface area (Å²) in [6.45, 7) is 5.94. The minimum absolute atomic E-state index is 0.0610. The van der Waals surface area contributed by atoms with E-state index in [-0.39, 0.29) is 18.1 Å². The summed E-state index contributed by atoms with van der Waals surface area (Å²) in [5.74, 6) is 0.745. The number of amides is 2. The molecule has 0 unspecified atom stereocenters. The summed E-state index contributed by atoms with van der Waals surface area (Å²) >= 11 is 0. The van der Waals surface area contributed by atoms with E-state index >= 15 is 0 Å². The lowest BCUT2D eigenvalue weighted by molar-refractivity contribution is 0.233. The van der Waals surface area contributed by atoms with Crippen LogP contribution in [0.3, 0.4) is 0 Å². The van der Waals surface area contributed by atoms with Gasteiger partial charge in [-0.05, 0) is 44.0 Å². The molecule has 4 nitrogen and oxygen atoms in total. The molecule has 2 amide bonds. The normalized spacial score (nSPS) is 13.5. The fourth-order valence-corrected chi connectivity index (χ4v) is 2.87. The summed E-state index contributed by atoms with van der Waals surface area (Å²) in [5.41, 5.74) is 3.11. The Hall–Kier alpha value is -2.75. The number of carbonyl (C=O) groups is 1. The number of furan rings is 1. The van der Waals surface area contributed by atoms with Crippen molar-refractivity contribution in [2.75, 3.05) is 0 Å². The van der Waals surface area contributed by atoms with Gasteiger partial charge in [-0.3, -0.25) is 0 Å². The lowest BCUT2D eigenvalue weighted by Gasteiger charge is -2.19. The fraction of sp³-hybridized carbons (Fsp3) is 0.250. The third-order valence-corrected chi connectivity index (χ3v) is 4.22. The molecule has 2 N–H and O–H groups in total. The highest BCUT2D eigenvalue weighted by Crippen LogP contribution is 2.23. The maximum atomic E-state index is 12.3. The first-order valence-corrected chi connectivity index (χ1v) is 8.15. The molecule has 0 aliphatic carbocycles. The molecule has 0 bridgehead atoms. The van der Waals surface area contributed by atoms with E-state index in [4.69, 9.17) is 4.42 Å². The van der Waals surface area contributed by atoms with Crippen LogP contribution in [0.15, 0.2) is 59.0 Å². The second-order valence-corrected chi connectivity index (χ2v) is 6.10. The van der Waals surface area contributed by atoms with Crippen molar-refractivity contribution in [2.24, 2.45) is 0 Å². The summed E-state index contributed by atoms with van der Waals surface area (Å²) in [4.78, 5) is 12.3. The third-order valence-electron chi connectivity index (χ3n) is 4.22. The van der Waals surface area contributed by atoms with Crippen LogP contribution < -0.4 is 10.6 Å². The molecule has 0 spiro atoms. The van der Waals surface area contributed by atoms with Crippen LogP contribution in [0.2, 0.25) is 0 Å². The number of hydrogen-bond donors (Lipinski definition) is 2. The minimum Gasteiger partial charge on any atom is -0.459 e. The van der Waals surface area contributed by atoms with Gasteiger partial charge in [-0.15, -0.1) is 0 Å². The van der Waals surface area contributed by atoms with Gasteiger partial charge < -0.3 is 15.1 Å². The molecule has 0 aliphatic rings. The van der Waals surface area contributed by atoms with Gasteiger partial charge in [0.2, 0.25) is 0 Å². The van der Waals surface area contributed by atoms with E-state index in [1.54, 1.807) is 0 Å².